The summed E-state index contributed by atoms with van der Waals surface area (Å²) in [5.74, 6) is 0. The van der Waals surface area contributed by atoms with E-state index < -0.39 is 9.85 Å². The molecule has 1 aromatic rings. The normalized spacial score (nSPS) is 20.4. The van der Waals surface area contributed by atoms with Crippen molar-refractivity contribution in [1.82, 2.24) is 5.32 Å². The zero-order valence-electron chi connectivity index (χ0n) is 12.2. The SMILES string of the molecule is CC1(C)CCC(NCc2ccc([N+](=O)[O-])cc2[N+](=O)[O-])C1. The van der Waals surface area contributed by atoms with E-state index in [4.69, 9.17) is 0 Å². The molecule has 2 rings (SSSR count). The molecule has 21 heavy (non-hydrogen) atoms. The summed E-state index contributed by atoms with van der Waals surface area (Å²) in [5.41, 5.74) is 0.329. The summed E-state index contributed by atoms with van der Waals surface area (Å²) >= 11 is 0. The summed E-state index contributed by atoms with van der Waals surface area (Å²) in [6.45, 7) is 4.78. The zero-order chi connectivity index (χ0) is 15.6. The van der Waals surface area contributed by atoms with Gasteiger partial charge >= 0.3 is 0 Å². The number of nitro benzene ring substituents is 2. The van der Waals surface area contributed by atoms with Crippen molar-refractivity contribution in [3.05, 3.63) is 44.0 Å². The van der Waals surface area contributed by atoms with Crippen molar-refractivity contribution < 1.29 is 9.85 Å². The van der Waals surface area contributed by atoms with Crippen molar-refractivity contribution in [2.45, 2.75) is 45.7 Å². The molecule has 0 aliphatic heterocycles. The average molecular weight is 293 g/mol. The molecule has 0 aromatic heterocycles. The molecular weight excluding hydrogens is 274 g/mol. The van der Waals surface area contributed by atoms with Gasteiger partial charge in [0.05, 0.1) is 15.9 Å². The molecule has 1 aromatic carbocycles. The molecule has 0 spiro atoms. The topological polar surface area (TPSA) is 98.3 Å². The summed E-state index contributed by atoms with van der Waals surface area (Å²) in [6.07, 6.45) is 3.22. The molecule has 0 saturated heterocycles. The van der Waals surface area contributed by atoms with E-state index in [0.717, 1.165) is 25.3 Å². The van der Waals surface area contributed by atoms with Gasteiger partial charge in [-0.3, -0.25) is 20.2 Å². The number of rotatable bonds is 5. The molecule has 1 atom stereocenters. The predicted molar refractivity (Wildman–Crippen MR) is 78.0 cm³/mol. The van der Waals surface area contributed by atoms with Gasteiger partial charge in [-0.25, -0.2) is 0 Å². The maximum Gasteiger partial charge on any atom is 0.280 e. The van der Waals surface area contributed by atoms with Gasteiger partial charge in [-0.1, -0.05) is 13.8 Å². The van der Waals surface area contributed by atoms with Gasteiger partial charge in [0.1, 0.15) is 0 Å². The maximum atomic E-state index is 11.1. The highest BCUT2D eigenvalue weighted by atomic mass is 16.6. The molecule has 1 saturated carbocycles. The lowest BCUT2D eigenvalue weighted by atomic mass is 9.92. The summed E-state index contributed by atoms with van der Waals surface area (Å²) in [7, 11) is 0. The minimum atomic E-state index is -0.621. The van der Waals surface area contributed by atoms with E-state index in [1.54, 1.807) is 0 Å². The Balaban J connectivity index is 2.09. The Labute approximate surface area is 122 Å². The number of nitrogens with zero attached hydrogens (tertiary/aromatic N) is 2. The van der Waals surface area contributed by atoms with Crippen LogP contribution in [0.5, 0.6) is 0 Å². The van der Waals surface area contributed by atoms with Crippen molar-refractivity contribution in [1.29, 1.82) is 0 Å². The monoisotopic (exact) mass is 293 g/mol. The van der Waals surface area contributed by atoms with E-state index in [0.29, 0.717) is 23.6 Å². The smallest absolute Gasteiger partial charge is 0.280 e. The minimum Gasteiger partial charge on any atom is -0.310 e. The van der Waals surface area contributed by atoms with E-state index >= 15 is 0 Å². The Morgan fingerprint density at radius 1 is 1.29 bits per heavy atom. The molecule has 0 heterocycles. The third kappa shape index (κ3) is 3.75. The van der Waals surface area contributed by atoms with Crippen molar-refractivity contribution in [2.24, 2.45) is 5.41 Å². The Hall–Kier alpha value is -2.02. The molecule has 1 aliphatic rings. The highest BCUT2D eigenvalue weighted by Crippen LogP contribution is 2.37. The van der Waals surface area contributed by atoms with Crippen molar-refractivity contribution in [3.63, 3.8) is 0 Å². The van der Waals surface area contributed by atoms with Crippen LogP contribution in [0.1, 0.15) is 38.7 Å². The lowest BCUT2D eigenvalue weighted by Crippen LogP contribution is -2.27. The maximum absolute atomic E-state index is 11.1. The van der Waals surface area contributed by atoms with E-state index in [2.05, 4.69) is 19.2 Å². The highest BCUT2D eigenvalue weighted by molar-refractivity contribution is 5.49. The van der Waals surface area contributed by atoms with Gasteiger partial charge in [0.15, 0.2) is 0 Å². The fraction of sp³-hybridized carbons (Fsp3) is 0.571. The molecule has 7 heteroatoms. The third-order valence-electron chi connectivity index (χ3n) is 4.03. The Bertz CT molecular complexity index is 571. The number of non-ortho nitro benzene ring substituents is 1. The van der Waals surface area contributed by atoms with Gasteiger partial charge < -0.3 is 5.32 Å². The van der Waals surface area contributed by atoms with E-state index in [-0.39, 0.29) is 11.4 Å². The Morgan fingerprint density at radius 3 is 2.52 bits per heavy atom. The molecule has 114 valence electrons. The van der Waals surface area contributed by atoms with Gasteiger partial charge in [0, 0.05) is 24.2 Å². The van der Waals surface area contributed by atoms with Gasteiger partial charge in [-0.05, 0) is 30.7 Å². The van der Waals surface area contributed by atoms with Crippen LogP contribution in [0.2, 0.25) is 0 Å². The molecule has 1 N–H and O–H groups in total. The highest BCUT2D eigenvalue weighted by Gasteiger charge is 2.30. The van der Waals surface area contributed by atoms with Crippen LogP contribution in [-0.4, -0.2) is 15.9 Å². The quantitative estimate of drug-likeness (QED) is 0.664. The van der Waals surface area contributed by atoms with Crippen LogP contribution in [0.3, 0.4) is 0 Å². The fourth-order valence-electron chi connectivity index (χ4n) is 2.85. The van der Waals surface area contributed by atoms with Crippen molar-refractivity contribution in [3.8, 4) is 0 Å². The van der Waals surface area contributed by atoms with Crippen LogP contribution in [0.4, 0.5) is 11.4 Å². The van der Waals surface area contributed by atoms with Crippen LogP contribution in [-0.2, 0) is 6.54 Å². The number of nitro groups is 2. The lowest BCUT2D eigenvalue weighted by Gasteiger charge is -2.17. The Morgan fingerprint density at radius 2 is 2.00 bits per heavy atom. The number of benzene rings is 1. The number of hydrogen-bond acceptors (Lipinski definition) is 5. The first-order chi connectivity index (χ1) is 9.78. The van der Waals surface area contributed by atoms with Crippen molar-refractivity contribution >= 4 is 11.4 Å². The molecule has 7 nitrogen and oxygen atoms in total. The minimum absolute atomic E-state index is 0.200. The summed E-state index contributed by atoms with van der Waals surface area (Å²) in [5, 5.41) is 25.1. The largest absolute Gasteiger partial charge is 0.310 e. The second-order valence-electron chi connectivity index (χ2n) is 6.31. The van der Waals surface area contributed by atoms with Gasteiger partial charge in [0.25, 0.3) is 11.4 Å². The molecular formula is C14H19N3O4. The van der Waals surface area contributed by atoms with E-state index in [9.17, 15) is 20.2 Å². The third-order valence-corrected chi connectivity index (χ3v) is 4.03. The number of nitrogens with one attached hydrogen (secondary N) is 1. The van der Waals surface area contributed by atoms with Crippen LogP contribution in [0.15, 0.2) is 18.2 Å². The second kappa shape index (κ2) is 5.77. The van der Waals surface area contributed by atoms with Gasteiger partial charge in [0.2, 0.25) is 0 Å². The summed E-state index contributed by atoms with van der Waals surface area (Å²) < 4.78 is 0. The standard InChI is InChI=1S/C14H19N3O4/c1-14(2)6-5-11(8-14)15-9-10-3-4-12(16(18)19)7-13(10)17(20)21/h3-4,7,11,15H,5-6,8-9H2,1-2H3. The second-order valence-corrected chi connectivity index (χ2v) is 6.31. The van der Waals surface area contributed by atoms with Gasteiger partial charge in [-0.15, -0.1) is 0 Å². The average Bonchev–Trinajstić information content (AvgIpc) is 2.75. The van der Waals surface area contributed by atoms with Crippen LogP contribution >= 0.6 is 0 Å². The first-order valence-corrected chi connectivity index (χ1v) is 6.93. The van der Waals surface area contributed by atoms with Gasteiger partial charge in [-0.2, -0.15) is 0 Å². The first kappa shape index (κ1) is 15.4. The van der Waals surface area contributed by atoms with Crippen LogP contribution < -0.4 is 5.32 Å². The summed E-state index contributed by atoms with van der Waals surface area (Å²) in [6, 6.07) is 4.14. The predicted octanol–water partition coefficient (Wildman–Crippen LogP) is 3.17. The molecule has 0 bridgehead atoms. The first-order valence-electron chi connectivity index (χ1n) is 6.93. The van der Waals surface area contributed by atoms with E-state index in [1.165, 1.54) is 12.1 Å². The molecule has 1 fully saturated rings. The Kier molecular flexibility index (Phi) is 4.22. The molecule has 0 radical (unpaired) electrons. The molecule has 0 amide bonds. The number of hydrogen-bond donors (Lipinski definition) is 1. The van der Waals surface area contributed by atoms with Crippen LogP contribution in [0.25, 0.3) is 0 Å². The zero-order valence-corrected chi connectivity index (χ0v) is 12.2. The molecule has 1 unspecified atom stereocenters. The van der Waals surface area contributed by atoms with E-state index in [1.807, 2.05) is 0 Å². The van der Waals surface area contributed by atoms with Crippen molar-refractivity contribution in [2.75, 3.05) is 0 Å². The fourth-order valence-corrected chi connectivity index (χ4v) is 2.85. The van der Waals surface area contributed by atoms with Crippen LogP contribution in [0, 0.1) is 25.6 Å². The summed E-state index contributed by atoms with van der Waals surface area (Å²) in [4.78, 5) is 20.6. The molecule has 1 aliphatic carbocycles. The lowest BCUT2D eigenvalue weighted by molar-refractivity contribution is -0.394.